The Morgan fingerprint density at radius 3 is 2.64 bits per heavy atom. The molecular weight excluding hydrogens is 463 g/mol. The Balaban J connectivity index is 1.49. The van der Waals surface area contributed by atoms with Crippen LogP contribution in [0.3, 0.4) is 0 Å². The van der Waals surface area contributed by atoms with Crippen molar-refractivity contribution in [2.75, 3.05) is 16.6 Å². The Kier molecular flexibility index (Phi) is 5.87. The third-order valence-electron chi connectivity index (χ3n) is 4.99. The molecule has 0 radical (unpaired) electrons. The van der Waals surface area contributed by atoms with Crippen LogP contribution in [0.15, 0.2) is 53.1 Å². The predicted molar refractivity (Wildman–Crippen MR) is 111 cm³/mol. The van der Waals surface area contributed by atoms with Crippen LogP contribution in [0.25, 0.3) is 11.4 Å². The van der Waals surface area contributed by atoms with E-state index in [0.717, 1.165) is 12.1 Å². The smallest absolute Gasteiger partial charge is 0.416 e. The molecule has 2 aromatic carbocycles. The second-order valence-corrected chi connectivity index (χ2v) is 9.39. The van der Waals surface area contributed by atoms with E-state index in [0.29, 0.717) is 18.7 Å². The summed E-state index contributed by atoms with van der Waals surface area (Å²) in [6.45, 7) is 1.80. The molecule has 1 unspecified atom stereocenters. The van der Waals surface area contributed by atoms with Gasteiger partial charge in [-0.3, -0.25) is 4.31 Å². The molecule has 0 bridgehead atoms. The first-order chi connectivity index (χ1) is 15.5. The molecule has 33 heavy (non-hydrogen) atoms. The fourth-order valence-electron chi connectivity index (χ4n) is 3.35. The van der Waals surface area contributed by atoms with Crippen molar-refractivity contribution in [1.29, 1.82) is 0 Å². The molecule has 12 heteroatoms. The summed E-state index contributed by atoms with van der Waals surface area (Å²) in [6, 6.07) is 10.5. The molecule has 1 fully saturated rings. The minimum atomic E-state index is -4.52. The fourth-order valence-corrected chi connectivity index (χ4v) is 4.91. The number of hydrogen-bond acceptors (Lipinski definition) is 7. The molecule has 1 saturated heterocycles. The summed E-state index contributed by atoms with van der Waals surface area (Å²) < 4.78 is 74.7. The van der Waals surface area contributed by atoms with E-state index in [1.54, 1.807) is 12.1 Å². The second kappa shape index (κ2) is 8.50. The van der Waals surface area contributed by atoms with Gasteiger partial charge in [0.1, 0.15) is 0 Å². The lowest BCUT2D eigenvalue weighted by Crippen LogP contribution is -2.25. The maximum absolute atomic E-state index is 12.9. The molecule has 8 nitrogen and oxygen atoms in total. The number of aromatic nitrogens is 2. The molecule has 0 aliphatic carbocycles. The predicted octanol–water partition coefficient (Wildman–Crippen LogP) is 4.21. The lowest BCUT2D eigenvalue weighted by molar-refractivity contribution is -0.137. The Hall–Kier alpha value is -3.41. The number of rotatable bonds is 5. The van der Waals surface area contributed by atoms with E-state index in [2.05, 4.69) is 10.1 Å². The number of nitrogens with zero attached hydrogens (tertiary/aromatic N) is 3. The van der Waals surface area contributed by atoms with Crippen molar-refractivity contribution in [1.82, 2.24) is 10.1 Å². The third-order valence-corrected chi connectivity index (χ3v) is 6.86. The zero-order valence-electron chi connectivity index (χ0n) is 17.2. The highest BCUT2D eigenvalue weighted by Crippen LogP contribution is 2.32. The molecule has 174 valence electrons. The molecule has 0 spiro atoms. The van der Waals surface area contributed by atoms with Gasteiger partial charge in [-0.1, -0.05) is 23.4 Å². The van der Waals surface area contributed by atoms with Gasteiger partial charge in [-0.2, -0.15) is 18.2 Å². The largest absolute Gasteiger partial charge is 0.449 e. The van der Waals surface area contributed by atoms with Gasteiger partial charge in [-0.05, 0) is 43.7 Å². The standard InChI is InChI=1S/C21H18F3N3O5S/c1-13(19-25-18(26-32-19)14-5-2-7-16(11-14)21(22,23)24)31-20(28)15-6-3-8-17(12-15)27-9-4-10-33(27,29)30/h2-3,5-8,11-13H,4,9-10H2,1H3. The van der Waals surface area contributed by atoms with Crippen LogP contribution in [-0.4, -0.2) is 36.8 Å². The zero-order valence-corrected chi connectivity index (χ0v) is 18.1. The van der Waals surface area contributed by atoms with Crippen molar-refractivity contribution < 1.29 is 35.6 Å². The quantitative estimate of drug-likeness (QED) is 0.503. The van der Waals surface area contributed by atoms with Gasteiger partial charge in [0.15, 0.2) is 6.10 Å². The van der Waals surface area contributed by atoms with E-state index in [9.17, 15) is 26.4 Å². The minimum Gasteiger partial charge on any atom is -0.449 e. The number of alkyl halides is 3. The van der Waals surface area contributed by atoms with E-state index in [4.69, 9.17) is 9.26 Å². The molecular formula is C21H18F3N3O5S. The highest BCUT2D eigenvalue weighted by atomic mass is 32.2. The molecule has 0 N–H and O–H groups in total. The van der Waals surface area contributed by atoms with E-state index < -0.39 is 33.8 Å². The van der Waals surface area contributed by atoms with E-state index in [1.165, 1.54) is 35.5 Å². The molecule has 3 aromatic rings. The van der Waals surface area contributed by atoms with Crippen molar-refractivity contribution in [3.05, 3.63) is 65.5 Å². The molecule has 4 rings (SSSR count). The number of carbonyl (C=O) groups is 1. The molecule has 2 heterocycles. The summed E-state index contributed by atoms with van der Waals surface area (Å²) in [7, 11) is -3.41. The summed E-state index contributed by atoms with van der Waals surface area (Å²) in [6.07, 6.45) is -5.02. The third kappa shape index (κ3) is 4.85. The molecule has 1 atom stereocenters. The summed E-state index contributed by atoms with van der Waals surface area (Å²) in [4.78, 5) is 16.6. The average Bonchev–Trinajstić information content (AvgIpc) is 3.40. The first-order valence-corrected chi connectivity index (χ1v) is 11.5. The van der Waals surface area contributed by atoms with Crippen LogP contribution >= 0.6 is 0 Å². The maximum atomic E-state index is 12.9. The summed E-state index contributed by atoms with van der Waals surface area (Å²) >= 11 is 0. The van der Waals surface area contributed by atoms with Crippen molar-refractivity contribution in [2.24, 2.45) is 0 Å². The Labute approximate surface area is 187 Å². The Morgan fingerprint density at radius 1 is 1.18 bits per heavy atom. The molecule has 0 amide bonds. The van der Waals surface area contributed by atoms with Gasteiger partial charge in [0.25, 0.3) is 5.89 Å². The van der Waals surface area contributed by atoms with Gasteiger partial charge in [0.2, 0.25) is 15.8 Å². The lowest BCUT2D eigenvalue weighted by Gasteiger charge is -2.17. The maximum Gasteiger partial charge on any atom is 0.416 e. The highest BCUT2D eigenvalue weighted by Gasteiger charge is 2.31. The second-order valence-electron chi connectivity index (χ2n) is 7.37. The van der Waals surface area contributed by atoms with Gasteiger partial charge < -0.3 is 9.26 Å². The Morgan fingerprint density at radius 2 is 1.94 bits per heavy atom. The number of halogens is 3. The van der Waals surface area contributed by atoms with Crippen LogP contribution in [-0.2, 0) is 20.9 Å². The molecule has 1 aromatic heterocycles. The monoisotopic (exact) mass is 481 g/mol. The van der Waals surface area contributed by atoms with E-state index in [1.807, 2.05) is 0 Å². The molecule has 1 aliphatic heterocycles. The van der Waals surface area contributed by atoms with Crippen LogP contribution in [0.2, 0.25) is 0 Å². The number of ether oxygens (including phenoxy) is 1. The number of esters is 1. The van der Waals surface area contributed by atoms with Crippen molar-refractivity contribution in [2.45, 2.75) is 25.6 Å². The zero-order chi connectivity index (χ0) is 23.8. The van der Waals surface area contributed by atoms with Crippen LogP contribution in [0.1, 0.15) is 41.3 Å². The van der Waals surface area contributed by atoms with Gasteiger partial charge in [-0.25, -0.2) is 13.2 Å². The minimum absolute atomic E-state index is 0.0457. The van der Waals surface area contributed by atoms with Crippen molar-refractivity contribution in [3.63, 3.8) is 0 Å². The lowest BCUT2D eigenvalue weighted by atomic mass is 10.1. The normalized spacial score (nSPS) is 16.5. The van der Waals surface area contributed by atoms with Gasteiger partial charge in [0.05, 0.1) is 22.6 Å². The van der Waals surface area contributed by atoms with Crippen LogP contribution in [0, 0.1) is 0 Å². The molecule has 0 saturated carbocycles. The van der Waals surface area contributed by atoms with Crippen LogP contribution in [0.5, 0.6) is 0 Å². The van der Waals surface area contributed by atoms with Gasteiger partial charge >= 0.3 is 12.1 Å². The number of anilines is 1. The average molecular weight is 481 g/mol. The molecule has 1 aliphatic rings. The van der Waals surface area contributed by atoms with Gasteiger partial charge in [-0.15, -0.1) is 0 Å². The summed E-state index contributed by atoms with van der Waals surface area (Å²) in [5.41, 5.74) is -0.276. The van der Waals surface area contributed by atoms with Crippen molar-refractivity contribution >= 4 is 21.7 Å². The Bertz CT molecular complexity index is 1290. The highest BCUT2D eigenvalue weighted by molar-refractivity contribution is 7.93. The SMILES string of the molecule is CC(OC(=O)c1cccc(N2CCCS2(=O)=O)c1)c1nc(-c2cccc(C(F)(F)F)c2)no1. The van der Waals surface area contributed by atoms with E-state index >= 15 is 0 Å². The number of carbonyl (C=O) groups excluding carboxylic acids is 1. The number of sulfonamides is 1. The first kappa shape index (κ1) is 22.8. The number of benzene rings is 2. The van der Waals surface area contributed by atoms with Gasteiger partial charge in [0, 0.05) is 12.1 Å². The topological polar surface area (TPSA) is 103 Å². The fraction of sp³-hybridized carbons (Fsp3) is 0.286. The first-order valence-electron chi connectivity index (χ1n) is 9.87. The van der Waals surface area contributed by atoms with E-state index in [-0.39, 0.29) is 28.6 Å². The van der Waals surface area contributed by atoms with Crippen LogP contribution < -0.4 is 4.31 Å². The number of hydrogen-bond donors (Lipinski definition) is 0. The van der Waals surface area contributed by atoms with Crippen LogP contribution in [0.4, 0.5) is 18.9 Å². The summed E-state index contributed by atoms with van der Waals surface area (Å²) in [5.74, 6) is -0.890. The van der Waals surface area contributed by atoms with Crippen molar-refractivity contribution in [3.8, 4) is 11.4 Å². The summed E-state index contributed by atoms with van der Waals surface area (Å²) in [5, 5.41) is 3.67.